The van der Waals surface area contributed by atoms with Crippen molar-refractivity contribution in [2.24, 2.45) is 5.90 Å². The molecule has 0 aliphatic carbocycles. The molecule has 1 aliphatic rings. The number of benzene rings is 1. The minimum Gasteiger partial charge on any atom is -0.371 e. The first kappa shape index (κ1) is 9.49. The summed E-state index contributed by atoms with van der Waals surface area (Å²) in [7, 11) is 2.13. The van der Waals surface area contributed by atoms with Gasteiger partial charge in [0.15, 0.2) is 0 Å². The molecule has 0 radical (unpaired) electrons. The molecule has 1 atom stereocenters. The first-order valence-electron chi connectivity index (χ1n) is 4.88. The van der Waals surface area contributed by atoms with Crippen molar-refractivity contribution in [2.45, 2.75) is 26.0 Å². The summed E-state index contributed by atoms with van der Waals surface area (Å²) in [6.45, 7) is 2.73. The number of hydrogen-bond acceptors (Lipinski definition) is 3. The summed E-state index contributed by atoms with van der Waals surface area (Å²) in [6.07, 6.45) is 1.12. The van der Waals surface area contributed by atoms with Gasteiger partial charge in [-0.15, -0.1) is 0 Å². The molecule has 3 heteroatoms. The lowest BCUT2D eigenvalue weighted by Gasteiger charge is -2.18. The topological polar surface area (TPSA) is 38.5 Å². The lowest BCUT2D eigenvalue weighted by Crippen LogP contribution is -2.23. The minimum atomic E-state index is 0.491. The Bertz CT molecular complexity index is 338. The molecular weight excluding hydrogens is 176 g/mol. The fourth-order valence-corrected chi connectivity index (χ4v) is 2.03. The Morgan fingerprint density at radius 2 is 2.36 bits per heavy atom. The van der Waals surface area contributed by atoms with E-state index in [0.29, 0.717) is 12.6 Å². The molecule has 76 valence electrons. The van der Waals surface area contributed by atoms with Crippen LogP contribution in [0.2, 0.25) is 0 Å². The van der Waals surface area contributed by atoms with Crippen LogP contribution >= 0.6 is 0 Å². The summed E-state index contributed by atoms with van der Waals surface area (Å²) in [5.41, 5.74) is 3.88. The third-order valence-electron chi connectivity index (χ3n) is 2.95. The molecule has 2 rings (SSSR count). The van der Waals surface area contributed by atoms with Crippen LogP contribution in [0.15, 0.2) is 18.2 Å². The third kappa shape index (κ3) is 1.49. The predicted molar refractivity (Wildman–Crippen MR) is 57.0 cm³/mol. The predicted octanol–water partition coefficient (Wildman–Crippen LogP) is 1.46. The van der Waals surface area contributed by atoms with Crippen molar-refractivity contribution in [3.63, 3.8) is 0 Å². The summed E-state index contributed by atoms with van der Waals surface area (Å²) >= 11 is 0. The van der Waals surface area contributed by atoms with Crippen LogP contribution in [0.4, 0.5) is 5.69 Å². The maximum Gasteiger partial charge on any atom is 0.0930 e. The molecule has 1 aromatic carbocycles. The van der Waals surface area contributed by atoms with Gasteiger partial charge in [-0.1, -0.05) is 12.1 Å². The maximum atomic E-state index is 5.05. The standard InChI is InChI=1S/C11H16N2O/c1-8-5-10-6-9(7-14-12)3-4-11(10)13(8)2/h3-4,6,8H,5,7,12H2,1-2H3. The molecule has 0 bridgehead atoms. The second-order valence-electron chi connectivity index (χ2n) is 3.94. The van der Waals surface area contributed by atoms with E-state index in [9.17, 15) is 0 Å². The average molecular weight is 192 g/mol. The normalized spacial score (nSPS) is 19.9. The van der Waals surface area contributed by atoms with Crippen LogP contribution in [-0.4, -0.2) is 13.1 Å². The Morgan fingerprint density at radius 1 is 1.57 bits per heavy atom. The van der Waals surface area contributed by atoms with Crippen LogP contribution in [0.3, 0.4) is 0 Å². The summed E-state index contributed by atoms with van der Waals surface area (Å²) in [4.78, 5) is 6.94. The smallest absolute Gasteiger partial charge is 0.0930 e. The lowest BCUT2D eigenvalue weighted by molar-refractivity contribution is 0.124. The van der Waals surface area contributed by atoms with Gasteiger partial charge in [-0.2, -0.15) is 0 Å². The van der Waals surface area contributed by atoms with Gasteiger partial charge >= 0.3 is 0 Å². The SMILES string of the molecule is CC1Cc2cc(CON)ccc2N1C. The highest BCUT2D eigenvalue weighted by Gasteiger charge is 2.22. The summed E-state index contributed by atoms with van der Waals surface area (Å²) in [6, 6.07) is 6.99. The van der Waals surface area contributed by atoms with Gasteiger partial charge in [0.1, 0.15) is 0 Å². The molecule has 2 N–H and O–H groups in total. The Morgan fingerprint density at radius 3 is 3.07 bits per heavy atom. The highest BCUT2D eigenvalue weighted by Crippen LogP contribution is 2.31. The van der Waals surface area contributed by atoms with Gasteiger partial charge in [0, 0.05) is 18.8 Å². The van der Waals surface area contributed by atoms with E-state index in [4.69, 9.17) is 5.90 Å². The van der Waals surface area contributed by atoms with Crippen molar-refractivity contribution < 1.29 is 4.84 Å². The quantitative estimate of drug-likeness (QED) is 0.721. The fourth-order valence-electron chi connectivity index (χ4n) is 2.03. The Balaban J connectivity index is 2.30. The van der Waals surface area contributed by atoms with E-state index in [2.05, 4.69) is 41.9 Å². The van der Waals surface area contributed by atoms with Crippen LogP contribution in [0, 0.1) is 0 Å². The molecule has 0 amide bonds. The van der Waals surface area contributed by atoms with E-state index in [1.165, 1.54) is 11.3 Å². The van der Waals surface area contributed by atoms with Crippen molar-refractivity contribution in [1.82, 2.24) is 0 Å². The van der Waals surface area contributed by atoms with E-state index < -0.39 is 0 Å². The molecule has 0 spiro atoms. The summed E-state index contributed by atoms with van der Waals surface area (Å²) < 4.78 is 0. The minimum absolute atomic E-state index is 0.491. The first-order valence-corrected chi connectivity index (χ1v) is 4.88. The number of nitrogens with zero attached hydrogens (tertiary/aromatic N) is 1. The maximum absolute atomic E-state index is 5.05. The average Bonchev–Trinajstić information content (AvgIpc) is 2.43. The van der Waals surface area contributed by atoms with Crippen LogP contribution in [0.5, 0.6) is 0 Å². The number of fused-ring (bicyclic) bond motifs is 1. The molecule has 0 saturated heterocycles. The summed E-state index contributed by atoms with van der Waals surface area (Å²) in [5, 5.41) is 0. The highest BCUT2D eigenvalue weighted by molar-refractivity contribution is 5.59. The number of nitrogens with two attached hydrogens (primary N) is 1. The molecule has 0 aromatic heterocycles. The van der Waals surface area contributed by atoms with Crippen molar-refractivity contribution in [2.75, 3.05) is 11.9 Å². The molecule has 14 heavy (non-hydrogen) atoms. The summed E-state index contributed by atoms with van der Waals surface area (Å²) in [5.74, 6) is 5.05. The van der Waals surface area contributed by atoms with Crippen LogP contribution < -0.4 is 10.8 Å². The van der Waals surface area contributed by atoms with E-state index in [1.807, 2.05) is 0 Å². The van der Waals surface area contributed by atoms with Crippen molar-refractivity contribution in [3.8, 4) is 0 Å². The number of hydrogen-bond donors (Lipinski definition) is 1. The van der Waals surface area contributed by atoms with Gasteiger partial charge in [-0.05, 0) is 30.5 Å². The van der Waals surface area contributed by atoms with Gasteiger partial charge in [-0.3, -0.25) is 4.84 Å². The second-order valence-corrected chi connectivity index (χ2v) is 3.94. The number of anilines is 1. The second kappa shape index (κ2) is 3.59. The molecule has 1 unspecified atom stereocenters. The molecular formula is C11H16N2O. The number of likely N-dealkylation sites (N-methyl/N-ethyl adjacent to an activating group) is 1. The van der Waals surface area contributed by atoms with Crippen LogP contribution in [0.1, 0.15) is 18.1 Å². The van der Waals surface area contributed by atoms with Crippen LogP contribution in [-0.2, 0) is 17.9 Å². The Hall–Kier alpha value is -1.06. The van der Waals surface area contributed by atoms with E-state index in [-0.39, 0.29) is 0 Å². The fraction of sp³-hybridized carbons (Fsp3) is 0.455. The molecule has 1 heterocycles. The number of rotatable bonds is 2. The van der Waals surface area contributed by atoms with E-state index in [0.717, 1.165) is 12.0 Å². The first-order chi connectivity index (χ1) is 6.72. The zero-order valence-electron chi connectivity index (χ0n) is 8.66. The van der Waals surface area contributed by atoms with Gasteiger partial charge in [-0.25, -0.2) is 5.90 Å². The van der Waals surface area contributed by atoms with E-state index in [1.54, 1.807) is 0 Å². The third-order valence-corrected chi connectivity index (χ3v) is 2.95. The van der Waals surface area contributed by atoms with Crippen molar-refractivity contribution >= 4 is 5.69 Å². The Labute approximate surface area is 84.4 Å². The van der Waals surface area contributed by atoms with Gasteiger partial charge in [0.25, 0.3) is 0 Å². The van der Waals surface area contributed by atoms with Gasteiger partial charge in [0.2, 0.25) is 0 Å². The lowest BCUT2D eigenvalue weighted by atomic mass is 10.1. The molecule has 1 aliphatic heterocycles. The highest BCUT2D eigenvalue weighted by atomic mass is 16.6. The monoisotopic (exact) mass is 192 g/mol. The molecule has 0 fully saturated rings. The molecule has 3 nitrogen and oxygen atoms in total. The van der Waals surface area contributed by atoms with Gasteiger partial charge in [0.05, 0.1) is 6.61 Å². The zero-order valence-corrected chi connectivity index (χ0v) is 8.66. The zero-order chi connectivity index (χ0) is 10.1. The Kier molecular flexibility index (Phi) is 2.44. The van der Waals surface area contributed by atoms with E-state index >= 15 is 0 Å². The van der Waals surface area contributed by atoms with Gasteiger partial charge < -0.3 is 4.90 Å². The van der Waals surface area contributed by atoms with Crippen LogP contribution in [0.25, 0.3) is 0 Å². The largest absolute Gasteiger partial charge is 0.371 e. The molecule has 0 saturated carbocycles. The molecule has 1 aromatic rings. The van der Waals surface area contributed by atoms with Crippen molar-refractivity contribution in [1.29, 1.82) is 0 Å². The van der Waals surface area contributed by atoms with Crippen molar-refractivity contribution in [3.05, 3.63) is 29.3 Å².